The molecule has 15 heteroatoms. The quantitative estimate of drug-likeness (QED) is 0.0418. The molecule has 0 fully saturated rings. The van der Waals surface area contributed by atoms with Crippen LogP contribution in [0, 0.1) is 56.3 Å². The van der Waals surface area contributed by atoms with E-state index in [4.69, 9.17) is 9.78 Å². The van der Waals surface area contributed by atoms with E-state index < -0.39 is 0 Å². The zero-order valence-corrected chi connectivity index (χ0v) is 56.2. The van der Waals surface area contributed by atoms with Gasteiger partial charge < -0.3 is 25.5 Å². The van der Waals surface area contributed by atoms with Crippen LogP contribution in [0.25, 0.3) is 11.1 Å². The van der Waals surface area contributed by atoms with E-state index in [-0.39, 0.29) is 23.0 Å². The van der Waals surface area contributed by atoms with Crippen LogP contribution in [0.4, 0.5) is 0 Å². The SMILES string of the molecule is Cc1cc(Cc2cc(C)c(O)c(Cc3cc(I)c(OOc4c(I)cc(Cc5cc(-c6ccccc6)cc(Cc6cc(I)c(O)c(I)c6)c5O)cc4I)c(I)c3)c2C)c(C)c(Cc2cc(I)c(O)c(I)c2)c1O. The number of benzene rings is 8. The van der Waals surface area contributed by atoms with E-state index in [0.717, 1.165) is 118 Å². The molecular formula is C57H44I8O7. The topological polar surface area (TPSA) is 120 Å². The first-order chi connectivity index (χ1) is 34.2. The van der Waals surface area contributed by atoms with Crippen molar-refractivity contribution >= 4 is 181 Å². The summed E-state index contributed by atoms with van der Waals surface area (Å²) < 4.78 is 6.54. The molecule has 0 spiro atoms. The molecule has 0 unspecified atom stereocenters. The Balaban J connectivity index is 1.00. The summed E-state index contributed by atoms with van der Waals surface area (Å²) in [6.07, 6.45) is 2.67. The summed E-state index contributed by atoms with van der Waals surface area (Å²) in [6, 6.07) is 34.6. The largest absolute Gasteiger partial charge is 0.507 e. The molecule has 0 saturated carbocycles. The van der Waals surface area contributed by atoms with Gasteiger partial charge in [0.05, 0.1) is 28.6 Å². The lowest BCUT2D eigenvalue weighted by Crippen LogP contribution is -2.08. The third-order valence-corrected chi connectivity index (χ3v) is 19.2. The van der Waals surface area contributed by atoms with E-state index in [1.54, 1.807) is 0 Å². The van der Waals surface area contributed by atoms with Gasteiger partial charge in [0.1, 0.15) is 28.7 Å². The molecule has 5 N–H and O–H groups in total. The molecule has 370 valence electrons. The highest BCUT2D eigenvalue weighted by atomic mass is 127. The first-order valence-corrected chi connectivity index (χ1v) is 31.0. The summed E-state index contributed by atoms with van der Waals surface area (Å²) in [5, 5.41) is 55.4. The minimum atomic E-state index is 0.253. The molecule has 0 heterocycles. The smallest absolute Gasteiger partial charge is 0.205 e. The van der Waals surface area contributed by atoms with Crippen LogP contribution in [0.3, 0.4) is 0 Å². The van der Waals surface area contributed by atoms with Crippen molar-refractivity contribution in [1.29, 1.82) is 0 Å². The predicted octanol–water partition coefficient (Wildman–Crippen LogP) is 17.3. The fraction of sp³-hybridized carbons (Fsp3) is 0.158. The highest BCUT2D eigenvalue weighted by Gasteiger charge is 2.22. The van der Waals surface area contributed by atoms with Crippen LogP contribution >= 0.6 is 181 Å². The van der Waals surface area contributed by atoms with Crippen molar-refractivity contribution in [2.24, 2.45) is 0 Å². The summed E-state index contributed by atoms with van der Waals surface area (Å²) in [6.45, 7) is 8.02. The minimum absolute atomic E-state index is 0.253. The zero-order chi connectivity index (χ0) is 51.9. The van der Waals surface area contributed by atoms with Crippen molar-refractivity contribution in [1.82, 2.24) is 0 Å². The molecule has 0 aromatic heterocycles. The van der Waals surface area contributed by atoms with Crippen molar-refractivity contribution in [3.05, 3.63) is 210 Å². The van der Waals surface area contributed by atoms with Crippen molar-refractivity contribution in [3.8, 4) is 51.4 Å². The molecular weight excluding hydrogens is 1810 g/mol. The van der Waals surface area contributed by atoms with Gasteiger partial charge in [-0.3, -0.25) is 9.78 Å². The summed E-state index contributed by atoms with van der Waals surface area (Å²) in [5.41, 5.74) is 15.4. The Morgan fingerprint density at radius 2 is 0.667 bits per heavy atom. The maximum Gasteiger partial charge on any atom is 0.205 e. The van der Waals surface area contributed by atoms with Crippen LogP contribution in [0.5, 0.6) is 40.2 Å². The van der Waals surface area contributed by atoms with Gasteiger partial charge in [-0.05, 0) is 353 Å². The number of phenolic OH excluding ortho intramolecular Hbond substituents is 5. The van der Waals surface area contributed by atoms with Crippen LogP contribution in [-0.2, 0) is 32.1 Å². The lowest BCUT2D eigenvalue weighted by molar-refractivity contribution is -0.103. The molecule has 0 aliphatic carbocycles. The molecule has 8 aromatic carbocycles. The molecule has 0 aliphatic heterocycles. The Labute approximate surface area is 528 Å². The molecule has 0 aliphatic rings. The molecule has 0 atom stereocenters. The van der Waals surface area contributed by atoms with Gasteiger partial charge in [0.15, 0.2) is 0 Å². The number of hydrogen-bond acceptors (Lipinski definition) is 7. The van der Waals surface area contributed by atoms with Gasteiger partial charge in [-0.2, -0.15) is 0 Å². The highest BCUT2D eigenvalue weighted by Crippen LogP contribution is 2.41. The monoisotopic (exact) mass is 1860 g/mol. The second-order valence-corrected chi connectivity index (χ2v) is 27.1. The Bertz CT molecular complexity index is 3340. The molecule has 0 amide bonds. The van der Waals surface area contributed by atoms with Gasteiger partial charge >= 0.3 is 0 Å². The summed E-state index contributed by atoms with van der Waals surface area (Å²) in [4.78, 5) is 12.3. The van der Waals surface area contributed by atoms with Gasteiger partial charge in [-0.25, -0.2) is 0 Å². The molecule has 0 saturated heterocycles. The fourth-order valence-corrected chi connectivity index (χ4v) is 16.8. The molecule has 0 bridgehead atoms. The Morgan fingerprint density at radius 3 is 1.03 bits per heavy atom. The molecule has 0 radical (unpaired) electrons. The van der Waals surface area contributed by atoms with E-state index in [1.165, 1.54) is 0 Å². The first kappa shape index (κ1) is 56.4. The number of hydrogen-bond donors (Lipinski definition) is 5. The van der Waals surface area contributed by atoms with Gasteiger partial charge in [0, 0.05) is 36.8 Å². The van der Waals surface area contributed by atoms with Crippen LogP contribution in [-0.4, -0.2) is 25.5 Å². The number of aromatic hydroxyl groups is 5. The van der Waals surface area contributed by atoms with Crippen molar-refractivity contribution < 1.29 is 35.3 Å². The molecule has 8 rings (SSSR count). The molecule has 8 aromatic rings. The van der Waals surface area contributed by atoms with Crippen LogP contribution in [0.2, 0.25) is 0 Å². The third-order valence-electron chi connectivity index (χ3n) is 12.8. The number of halogens is 8. The number of phenols is 5. The van der Waals surface area contributed by atoms with Crippen molar-refractivity contribution in [3.63, 3.8) is 0 Å². The standard InChI is InChI=1S/C57H44I8O7/c1-27-10-36(29(3)41(51(27)66)14-33-18-45(60)55(70)46(61)19-33)24-37-11-28(2)52(67)42(30(37)4)15-34-22-49(64)57(50(65)23-34)72-71-56-47(62)20-32(21-48(56)63)13-40-26-38(35-8-6-5-7-9-35)25-39(53(40)68)12-31-16-43(58)54(69)44(59)17-31/h5-11,16-23,25-26,66-70H,12-15,24H2,1-4H3. The lowest BCUT2D eigenvalue weighted by Gasteiger charge is -2.20. The van der Waals surface area contributed by atoms with Crippen molar-refractivity contribution in [2.75, 3.05) is 0 Å². The Hall–Kier alpha value is -1.80. The first-order valence-electron chi connectivity index (χ1n) is 22.3. The maximum atomic E-state index is 11.8. The molecule has 7 nitrogen and oxygen atoms in total. The Morgan fingerprint density at radius 1 is 0.333 bits per heavy atom. The maximum absolute atomic E-state index is 11.8. The van der Waals surface area contributed by atoms with E-state index in [0.29, 0.717) is 49.4 Å². The Kier molecular flexibility index (Phi) is 19.0. The van der Waals surface area contributed by atoms with E-state index in [9.17, 15) is 25.5 Å². The van der Waals surface area contributed by atoms with Gasteiger partial charge in [-0.1, -0.05) is 42.5 Å². The van der Waals surface area contributed by atoms with Crippen LogP contribution in [0.1, 0.15) is 77.9 Å². The lowest BCUT2D eigenvalue weighted by atomic mass is 9.87. The normalized spacial score (nSPS) is 11.3. The van der Waals surface area contributed by atoms with Crippen LogP contribution in [0.15, 0.2) is 103 Å². The highest BCUT2D eigenvalue weighted by molar-refractivity contribution is 14.1. The third kappa shape index (κ3) is 12.8. The van der Waals surface area contributed by atoms with Crippen molar-refractivity contribution in [2.45, 2.75) is 59.8 Å². The summed E-state index contributed by atoms with van der Waals surface area (Å²) in [5.74, 6) is 2.57. The van der Waals surface area contributed by atoms with E-state index >= 15 is 0 Å². The predicted molar refractivity (Wildman–Crippen MR) is 355 cm³/mol. The average molecular weight is 1860 g/mol. The summed E-state index contributed by atoms with van der Waals surface area (Å²) in [7, 11) is 0. The summed E-state index contributed by atoms with van der Waals surface area (Å²) >= 11 is 17.7. The average Bonchev–Trinajstić information content (AvgIpc) is 3.32. The minimum Gasteiger partial charge on any atom is -0.507 e. The second-order valence-electron chi connectivity index (χ2n) is 17.8. The van der Waals surface area contributed by atoms with Gasteiger partial charge in [0.25, 0.3) is 0 Å². The van der Waals surface area contributed by atoms with Crippen LogP contribution < -0.4 is 9.78 Å². The van der Waals surface area contributed by atoms with E-state index in [1.807, 2.05) is 56.3 Å². The zero-order valence-electron chi connectivity index (χ0n) is 38.9. The van der Waals surface area contributed by atoms with Gasteiger partial charge in [0.2, 0.25) is 11.5 Å². The second kappa shape index (κ2) is 24.3. The van der Waals surface area contributed by atoms with E-state index in [2.05, 4.69) is 255 Å². The molecule has 72 heavy (non-hydrogen) atoms. The van der Waals surface area contributed by atoms with Gasteiger partial charge in [-0.15, -0.1) is 0 Å². The number of rotatable bonds is 14. The number of aryl methyl sites for hydroxylation is 2. The fourth-order valence-electron chi connectivity index (χ4n) is 8.89.